The van der Waals surface area contributed by atoms with Crippen molar-refractivity contribution in [1.82, 2.24) is 5.32 Å². The number of hydrogen-bond acceptors (Lipinski definition) is 4. The topological polar surface area (TPSA) is 50.7 Å². The Morgan fingerprint density at radius 2 is 2.17 bits per heavy atom. The zero-order valence-electron chi connectivity index (χ0n) is 12.1. The minimum absolute atomic E-state index is 0.150. The summed E-state index contributed by atoms with van der Waals surface area (Å²) < 4.78 is 11.1. The van der Waals surface area contributed by atoms with Crippen LogP contribution in [-0.2, 0) is 9.47 Å². The Labute approximate surface area is 111 Å². The van der Waals surface area contributed by atoms with E-state index in [-0.39, 0.29) is 18.2 Å². The van der Waals surface area contributed by atoms with Crippen molar-refractivity contribution in [3.8, 4) is 0 Å². The average molecular weight is 259 g/mol. The first-order valence-corrected chi connectivity index (χ1v) is 7.20. The minimum atomic E-state index is -0.150. The van der Waals surface area contributed by atoms with Crippen molar-refractivity contribution in [1.29, 1.82) is 0 Å². The highest BCUT2D eigenvalue weighted by atomic mass is 16.5. The first kappa shape index (κ1) is 15.9. The second kappa shape index (κ2) is 8.10. The van der Waals surface area contributed by atoms with Crippen LogP contribution in [0.1, 0.15) is 46.5 Å². The Morgan fingerprint density at radius 1 is 1.39 bits per heavy atom. The summed E-state index contributed by atoms with van der Waals surface area (Å²) in [7, 11) is 0. The number of hydrogen-bond donors (Lipinski definition) is 2. The molecule has 4 heteroatoms. The molecule has 0 aromatic carbocycles. The normalized spacial score (nSPS) is 28.8. The zero-order valence-corrected chi connectivity index (χ0v) is 12.1. The number of ether oxygens (including phenoxy) is 2. The van der Waals surface area contributed by atoms with Crippen molar-refractivity contribution in [3.63, 3.8) is 0 Å². The summed E-state index contributed by atoms with van der Waals surface area (Å²) in [6, 6.07) is 0.388. The van der Waals surface area contributed by atoms with Crippen LogP contribution in [0.4, 0.5) is 0 Å². The third kappa shape index (κ3) is 5.22. The lowest BCUT2D eigenvalue weighted by atomic mass is 9.80. The Bertz CT molecular complexity index is 223. The van der Waals surface area contributed by atoms with Crippen LogP contribution in [0.15, 0.2) is 0 Å². The molecule has 1 saturated carbocycles. The first-order valence-electron chi connectivity index (χ1n) is 7.20. The largest absolute Gasteiger partial charge is 0.394 e. The molecule has 0 aromatic heterocycles. The van der Waals surface area contributed by atoms with Crippen molar-refractivity contribution < 1.29 is 14.6 Å². The van der Waals surface area contributed by atoms with E-state index in [2.05, 4.69) is 19.2 Å². The first-order chi connectivity index (χ1) is 8.62. The fraction of sp³-hybridized carbons (Fsp3) is 1.00. The molecule has 0 aliphatic heterocycles. The Morgan fingerprint density at radius 3 is 2.78 bits per heavy atom. The van der Waals surface area contributed by atoms with E-state index < -0.39 is 0 Å². The standard InChI is InChI=1S/C14H29NO3/c1-4-17-8-9-18-13-6-5-7-14(10-13,11-16)15-12(2)3/h12-13,15-16H,4-11H2,1-3H3. The van der Waals surface area contributed by atoms with Crippen molar-refractivity contribution in [3.05, 3.63) is 0 Å². The van der Waals surface area contributed by atoms with Gasteiger partial charge in [0.2, 0.25) is 0 Å². The Balaban J connectivity index is 2.38. The monoisotopic (exact) mass is 259 g/mol. The highest BCUT2D eigenvalue weighted by Crippen LogP contribution is 2.30. The molecule has 1 fully saturated rings. The maximum atomic E-state index is 9.68. The van der Waals surface area contributed by atoms with Crippen molar-refractivity contribution >= 4 is 0 Å². The lowest BCUT2D eigenvalue weighted by Gasteiger charge is -2.41. The minimum Gasteiger partial charge on any atom is -0.394 e. The summed E-state index contributed by atoms with van der Waals surface area (Å²) in [4.78, 5) is 0. The summed E-state index contributed by atoms with van der Waals surface area (Å²) >= 11 is 0. The Hall–Kier alpha value is -0.160. The van der Waals surface area contributed by atoms with Gasteiger partial charge in [-0.05, 0) is 32.6 Å². The maximum absolute atomic E-state index is 9.68. The van der Waals surface area contributed by atoms with Gasteiger partial charge in [-0.3, -0.25) is 0 Å². The van der Waals surface area contributed by atoms with E-state index in [1.54, 1.807) is 0 Å². The van der Waals surface area contributed by atoms with E-state index in [1.807, 2.05) is 6.92 Å². The molecule has 1 aliphatic carbocycles. The van der Waals surface area contributed by atoms with Gasteiger partial charge in [-0.2, -0.15) is 0 Å². The summed E-state index contributed by atoms with van der Waals surface area (Å²) in [5.41, 5.74) is -0.150. The molecule has 1 rings (SSSR count). The third-order valence-corrected chi connectivity index (χ3v) is 3.48. The van der Waals surface area contributed by atoms with Gasteiger partial charge in [0.05, 0.1) is 25.9 Å². The van der Waals surface area contributed by atoms with Crippen LogP contribution >= 0.6 is 0 Å². The van der Waals surface area contributed by atoms with E-state index in [1.165, 1.54) is 0 Å². The van der Waals surface area contributed by atoms with Gasteiger partial charge in [-0.25, -0.2) is 0 Å². The predicted molar refractivity (Wildman–Crippen MR) is 72.8 cm³/mol. The lowest BCUT2D eigenvalue weighted by Crippen LogP contribution is -2.55. The molecule has 0 spiro atoms. The van der Waals surface area contributed by atoms with E-state index in [4.69, 9.17) is 9.47 Å². The summed E-state index contributed by atoms with van der Waals surface area (Å²) in [5.74, 6) is 0. The van der Waals surface area contributed by atoms with Gasteiger partial charge < -0.3 is 19.9 Å². The molecule has 2 N–H and O–H groups in total. The average Bonchev–Trinajstić information content (AvgIpc) is 2.34. The van der Waals surface area contributed by atoms with Crippen LogP contribution in [-0.4, -0.2) is 49.2 Å². The van der Waals surface area contributed by atoms with Gasteiger partial charge in [-0.1, -0.05) is 13.8 Å². The highest BCUT2D eigenvalue weighted by molar-refractivity contribution is 4.94. The molecular weight excluding hydrogens is 230 g/mol. The van der Waals surface area contributed by atoms with Crippen molar-refractivity contribution in [2.24, 2.45) is 0 Å². The number of nitrogens with one attached hydrogen (secondary N) is 1. The van der Waals surface area contributed by atoms with Crippen molar-refractivity contribution in [2.45, 2.75) is 64.1 Å². The Kier molecular flexibility index (Phi) is 7.15. The number of aliphatic hydroxyl groups excluding tert-OH is 1. The van der Waals surface area contributed by atoms with E-state index in [0.29, 0.717) is 19.3 Å². The fourth-order valence-electron chi connectivity index (χ4n) is 2.80. The second-order valence-corrected chi connectivity index (χ2v) is 5.52. The van der Waals surface area contributed by atoms with Crippen molar-refractivity contribution in [2.75, 3.05) is 26.4 Å². The molecule has 18 heavy (non-hydrogen) atoms. The molecular formula is C14H29NO3. The lowest BCUT2D eigenvalue weighted by molar-refractivity contribution is -0.0380. The molecule has 0 radical (unpaired) electrons. The van der Waals surface area contributed by atoms with E-state index in [9.17, 15) is 5.11 Å². The van der Waals surface area contributed by atoms with Gasteiger partial charge >= 0.3 is 0 Å². The predicted octanol–water partition coefficient (Wildman–Crippen LogP) is 1.71. The van der Waals surface area contributed by atoms with Gasteiger partial charge in [-0.15, -0.1) is 0 Å². The molecule has 0 heterocycles. The third-order valence-electron chi connectivity index (χ3n) is 3.48. The van der Waals surface area contributed by atoms with Crippen LogP contribution in [0.2, 0.25) is 0 Å². The molecule has 0 amide bonds. The molecule has 1 aliphatic rings. The van der Waals surface area contributed by atoms with Gasteiger partial charge in [0, 0.05) is 18.2 Å². The number of rotatable bonds is 8. The summed E-state index contributed by atoms with van der Waals surface area (Å²) in [6.07, 6.45) is 4.38. The van der Waals surface area contributed by atoms with Crippen LogP contribution in [0.3, 0.4) is 0 Å². The second-order valence-electron chi connectivity index (χ2n) is 5.52. The van der Waals surface area contributed by atoms with Crippen LogP contribution < -0.4 is 5.32 Å². The van der Waals surface area contributed by atoms with Crippen LogP contribution in [0.25, 0.3) is 0 Å². The zero-order chi connectivity index (χ0) is 13.4. The molecule has 0 saturated heterocycles. The summed E-state index contributed by atoms with van der Waals surface area (Å²) in [5, 5.41) is 13.2. The summed E-state index contributed by atoms with van der Waals surface area (Å²) in [6.45, 7) is 8.48. The van der Waals surface area contributed by atoms with Crippen LogP contribution in [0.5, 0.6) is 0 Å². The fourth-order valence-corrected chi connectivity index (χ4v) is 2.80. The molecule has 2 atom stereocenters. The molecule has 4 nitrogen and oxygen atoms in total. The van der Waals surface area contributed by atoms with Gasteiger partial charge in [0.15, 0.2) is 0 Å². The van der Waals surface area contributed by atoms with E-state index in [0.717, 1.165) is 32.3 Å². The quantitative estimate of drug-likeness (QED) is 0.652. The highest BCUT2D eigenvalue weighted by Gasteiger charge is 2.36. The molecule has 0 aromatic rings. The van der Waals surface area contributed by atoms with E-state index >= 15 is 0 Å². The molecule has 0 bridgehead atoms. The van der Waals surface area contributed by atoms with Gasteiger partial charge in [0.1, 0.15) is 0 Å². The molecule has 108 valence electrons. The number of aliphatic hydroxyl groups is 1. The smallest absolute Gasteiger partial charge is 0.0704 e. The van der Waals surface area contributed by atoms with Gasteiger partial charge in [0.25, 0.3) is 0 Å². The van der Waals surface area contributed by atoms with Crippen LogP contribution in [0, 0.1) is 0 Å². The SMILES string of the molecule is CCOCCOC1CCCC(CO)(NC(C)C)C1. The molecule has 2 unspecified atom stereocenters. The maximum Gasteiger partial charge on any atom is 0.0704 e.